The molecule has 0 aromatic carbocycles. The average Bonchev–Trinajstić information content (AvgIpc) is 2.44. The fourth-order valence-corrected chi connectivity index (χ4v) is 3.00. The maximum Gasteiger partial charge on any atom is 0.294 e. The van der Waals surface area contributed by atoms with Gasteiger partial charge in [0.05, 0.1) is 0 Å². The van der Waals surface area contributed by atoms with Gasteiger partial charge in [0.2, 0.25) is 11.8 Å². The molecule has 1 atom stereocenters. The first-order chi connectivity index (χ1) is 10.8. The van der Waals surface area contributed by atoms with Crippen LogP contribution in [0.4, 0.5) is 0 Å². The minimum absolute atomic E-state index is 0.118. The van der Waals surface area contributed by atoms with Gasteiger partial charge in [-0.1, -0.05) is 11.8 Å². The van der Waals surface area contributed by atoms with Gasteiger partial charge in [0, 0.05) is 25.6 Å². The van der Waals surface area contributed by atoms with E-state index in [1.807, 2.05) is 0 Å². The molecule has 9 nitrogen and oxygen atoms in total. The van der Waals surface area contributed by atoms with E-state index in [0.29, 0.717) is 25.7 Å². The smallest absolute Gasteiger partial charge is 0.294 e. The first-order valence-corrected chi connectivity index (χ1v) is 8.28. The van der Waals surface area contributed by atoms with Gasteiger partial charge in [0.1, 0.15) is 12.1 Å². The van der Waals surface area contributed by atoms with Crippen molar-refractivity contribution in [3.05, 3.63) is 10.1 Å². The Kier molecular flexibility index (Phi) is 7.79. The van der Waals surface area contributed by atoms with Gasteiger partial charge >= 0.3 is 0 Å². The zero-order valence-corrected chi connectivity index (χ0v) is 13.9. The first-order valence-electron chi connectivity index (χ1n) is 7.30. The number of nitrogens with zero attached hydrogens (tertiary/aromatic N) is 1. The van der Waals surface area contributed by atoms with Crippen LogP contribution in [0.2, 0.25) is 0 Å². The lowest BCUT2D eigenvalue weighted by Gasteiger charge is -2.29. The highest BCUT2D eigenvalue weighted by Gasteiger charge is 2.27. The normalized spacial score (nSPS) is 21.8. The van der Waals surface area contributed by atoms with E-state index in [1.54, 1.807) is 0 Å². The summed E-state index contributed by atoms with van der Waals surface area (Å²) >= 11 is 0.970. The van der Waals surface area contributed by atoms with Crippen molar-refractivity contribution in [2.45, 2.75) is 57.7 Å². The van der Waals surface area contributed by atoms with Crippen LogP contribution in [0, 0.1) is 10.1 Å². The van der Waals surface area contributed by atoms with Gasteiger partial charge in [-0.2, -0.15) is 0 Å². The lowest BCUT2D eigenvalue weighted by atomic mass is 9.93. The summed E-state index contributed by atoms with van der Waals surface area (Å²) in [7, 11) is 0. The minimum atomic E-state index is -0.796. The SMILES string of the molecule is CC(=O)NC(CSC(C)=O)C(=O)N[C@H]1CC[C@H](O[N+](=O)[O-])CC1. The predicted molar refractivity (Wildman–Crippen MR) is 83.0 cm³/mol. The summed E-state index contributed by atoms with van der Waals surface area (Å²) in [6.07, 6.45) is 1.67. The Morgan fingerprint density at radius 1 is 1.26 bits per heavy atom. The highest BCUT2D eigenvalue weighted by Crippen LogP contribution is 2.21. The average molecular weight is 347 g/mol. The summed E-state index contributed by atoms with van der Waals surface area (Å²) < 4.78 is 0. The zero-order chi connectivity index (χ0) is 17.4. The van der Waals surface area contributed by atoms with Gasteiger partial charge in [0.25, 0.3) is 5.09 Å². The highest BCUT2D eigenvalue weighted by atomic mass is 32.2. The predicted octanol–water partition coefficient (Wildman–Crippen LogP) is 0.407. The van der Waals surface area contributed by atoms with Crippen LogP contribution in [0.3, 0.4) is 0 Å². The summed E-state index contributed by atoms with van der Waals surface area (Å²) in [5.74, 6) is -0.537. The highest BCUT2D eigenvalue weighted by molar-refractivity contribution is 8.13. The molecule has 23 heavy (non-hydrogen) atoms. The summed E-state index contributed by atoms with van der Waals surface area (Å²) in [5, 5.41) is 14.7. The monoisotopic (exact) mass is 347 g/mol. The standard InChI is InChI=1S/C13H21N3O6S/c1-8(17)14-12(7-23-9(2)18)13(19)15-10-3-5-11(6-4-10)22-16(20)21/h10-12H,3-7H2,1-2H3,(H,14,17)(H,15,19)/t10-,11-,12?. The molecule has 1 rings (SSSR count). The molecule has 0 bridgehead atoms. The number of nitrogens with one attached hydrogen (secondary N) is 2. The van der Waals surface area contributed by atoms with Crippen LogP contribution in [0.5, 0.6) is 0 Å². The van der Waals surface area contributed by atoms with E-state index in [9.17, 15) is 24.5 Å². The van der Waals surface area contributed by atoms with Crippen molar-refractivity contribution in [1.29, 1.82) is 0 Å². The molecule has 0 aromatic rings. The third kappa shape index (κ3) is 7.82. The number of thioether (sulfide) groups is 1. The third-order valence-corrected chi connectivity index (χ3v) is 4.31. The molecular formula is C13H21N3O6S. The van der Waals surface area contributed by atoms with Crippen LogP contribution < -0.4 is 10.6 Å². The van der Waals surface area contributed by atoms with Crippen LogP contribution in [0.1, 0.15) is 39.5 Å². The van der Waals surface area contributed by atoms with Crippen molar-refractivity contribution in [1.82, 2.24) is 10.6 Å². The lowest BCUT2D eigenvalue weighted by molar-refractivity contribution is -0.769. The van der Waals surface area contributed by atoms with Gasteiger partial charge < -0.3 is 15.5 Å². The molecule has 1 aliphatic carbocycles. The van der Waals surface area contributed by atoms with Crippen LogP contribution in [0.25, 0.3) is 0 Å². The molecule has 0 aliphatic heterocycles. The number of hydrogen-bond acceptors (Lipinski definition) is 7. The Hall–Kier alpha value is -1.84. The first kappa shape index (κ1) is 19.2. The molecule has 0 radical (unpaired) electrons. The largest absolute Gasteiger partial charge is 0.352 e. The summed E-state index contributed by atoms with van der Waals surface area (Å²) in [6, 6.07) is -0.901. The molecule has 130 valence electrons. The Morgan fingerprint density at radius 3 is 2.35 bits per heavy atom. The van der Waals surface area contributed by atoms with E-state index in [1.165, 1.54) is 13.8 Å². The van der Waals surface area contributed by atoms with Crippen molar-refractivity contribution in [2.24, 2.45) is 0 Å². The van der Waals surface area contributed by atoms with E-state index in [4.69, 9.17) is 0 Å². The Labute approximate surface area is 138 Å². The fraction of sp³-hybridized carbons (Fsp3) is 0.769. The quantitative estimate of drug-likeness (QED) is 0.504. The molecule has 0 saturated heterocycles. The number of carbonyl (C=O) groups is 3. The Morgan fingerprint density at radius 2 is 1.87 bits per heavy atom. The van der Waals surface area contributed by atoms with Crippen LogP contribution >= 0.6 is 11.8 Å². The third-order valence-electron chi connectivity index (χ3n) is 3.40. The summed E-state index contributed by atoms with van der Waals surface area (Å²) in [6.45, 7) is 2.70. The van der Waals surface area contributed by atoms with Crippen molar-refractivity contribution in [3.8, 4) is 0 Å². The number of hydrogen-bond donors (Lipinski definition) is 2. The van der Waals surface area contributed by atoms with Crippen LogP contribution in [-0.4, -0.2) is 46.0 Å². The zero-order valence-electron chi connectivity index (χ0n) is 13.1. The second-order valence-electron chi connectivity index (χ2n) is 5.37. The molecule has 2 amide bonds. The maximum atomic E-state index is 12.2. The van der Waals surface area contributed by atoms with Gasteiger partial charge in [0.15, 0.2) is 5.12 Å². The Bertz CT molecular complexity index is 465. The second-order valence-corrected chi connectivity index (χ2v) is 6.56. The van der Waals surface area contributed by atoms with Gasteiger partial charge in [-0.3, -0.25) is 14.4 Å². The van der Waals surface area contributed by atoms with E-state index in [0.717, 1.165) is 11.8 Å². The maximum absolute atomic E-state index is 12.2. The van der Waals surface area contributed by atoms with E-state index in [-0.39, 0.29) is 28.7 Å². The molecule has 1 saturated carbocycles. The van der Waals surface area contributed by atoms with Crippen molar-refractivity contribution in [3.63, 3.8) is 0 Å². The summed E-state index contributed by atoms with van der Waals surface area (Å²) in [5.41, 5.74) is 0. The van der Waals surface area contributed by atoms with E-state index >= 15 is 0 Å². The second kappa shape index (κ2) is 9.33. The molecule has 1 aliphatic rings. The van der Waals surface area contributed by atoms with E-state index < -0.39 is 17.2 Å². The van der Waals surface area contributed by atoms with Gasteiger partial charge in [-0.05, 0) is 25.7 Å². The van der Waals surface area contributed by atoms with Crippen molar-refractivity contribution >= 4 is 28.7 Å². The topological polar surface area (TPSA) is 128 Å². The van der Waals surface area contributed by atoms with Crippen molar-refractivity contribution in [2.75, 3.05) is 5.75 Å². The Balaban J connectivity index is 2.46. The van der Waals surface area contributed by atoms with Gasteiger partial charge in [-0.25, -0.2) is 0 Å². The van der Waals surface area contributed by atoms with E-state index in [2.05, 4.69) is 15.5 Å². The number of amides is 2. The molecule has 1 unspecified atom stereocenters. The number of carbonyl (C=O) groups excluding carboxylic acids is 3. The fourth-order valence-electron chi connectivity index (χ4n) is 2.37. The molecule has 10 heteroatoms. The number of rotatable bonds is 7. The van der Waals surface area contributed by atoms with Crippen LogP contribution in [-0.2, 0) is 19.2 Å². The van der Waals surface area contributed by atoms with Crippen molar-refractivity contribution < 1.29 is 24.3 Å². The molecular weight excluding hydrogens is 326 g/mol. The van der Waals surface area contributed by atoms with Crippen LogP contribution in [0.15, 0.2) is 0 Å². The molecule has 2 N–H and O–H groups in total. The summed E-state index contributed by atoms with van der Waals surface area (Å²) in [4.78, 5) is 49.2. The molecule has 1 fully saturated rings. The molecule has 0 spiro atoms. The minimum Gasteiger partial charge on any atom is -0.352 e. The lowest BCUT2D eigenvalue weighted by Crippen LogP contribution is -2.51. The molecule has 0 heterocycles. The molecule has 0 aromatic heterocycles. The van der Waals surface area contributed by atoms with Gasteiger partial charge in [-0.15, -0.1) is 10.1 Å².